The molecule has 0 radical (unpaired) electrons. The number of piperidine rings is 1. The molecule has 20 heavy (non-hydrogen) atoms. The lowest BCUT2D eigenvalue weighted by Crippen LogP contribution is -2.40. The lowest BCUT2D eigenvalue weighted by atomic mass is 10.0. The minimum Gasteiger partial charge on any atom is -0.367 e. The number of hydrogen-bond acceptors (Lipinski definition) is 5. The van der Waals surface area contributed by atoms with Crippen molar-refractivity contribution in [2.24, 2.45) is 0 Å². The summed E-state index contributed by atoms with van der Waals surface area (Å²) < 4.78 is 0. The minimum absolute atomic E-state index is 0.129. The SMILES string of the molecule is CN(C)C(=O)c1cncc(NC[C@@H]2CCCCN2C)n1. The van der Waals surface area contributed by atoms with Gasteiger partial charge in [-0.15, -0.1) is 0 Å². The number of nitrogens with zero attached hydrogens (tertiary/aromatic N) is 4. The summed E-state index contributed by atoms with van der Waals surface area (Å²) in [4.78, 5) is 24.1. The van der Waals surface area contributed by atoms with Gasteiger partial charge >= 0.3 is 0 Å². The first-order valence-electron chi connectivity index (χ1n) is 7.05. The average Bonchev–Trinajstić information content (AvgIpc) is 2.46. The van der Waals surface area contributed by atoms with E-state index in [1.807, 2.05) is 0 Å². The first-order valence-corrected chi connectivity index (χ1v) is 7.05. The topological polar surface area (TPSA) is 61.4 Å². The van der Waals surface area contributed by atoms with E-state index in [2.05, 4.69) is 27.2 Å². The minimum atomic E-state index is -0.129. The van der Waals surface area contributed by atoms with Crippen molar-refractivity contribution in [2.45, 2.75) is 25.3 Å². The van der Waals surface area contributed by atoms with E-state index < -0.39 is 0 Å². The zero-order valence-corrected chi connectivity index (χ0v) is 12.5. The highest BCUT2D eigenvalue weighted by Gasteiger charge is 2.18. The highest BCUT2D eigenvalue weighted by molar-refractivity contribution is 5.91. The molecule has 1 amide bonds. The molecule has 1 saturated heterocycles. The van der Waals surface area contributed by atoms with Gasteiger partial charge in [0.1, 0.15) is 11.5 Å². The molecular weight excluding hydrogens is 254 g/mol. The van der Waals surface area contributed by atoms with Gasteiger partial charge in [0.2, 0.25) is 0 Å². The number of likely N-dealkylation sites (tertiary alicyclic amines) is 1. The number of carbonyl (C=O) groups excluding carboxylic acids is 1. The van der Waals surface area contributed by atoms with E-state index in [-0.39, 0.29) is 5.91 Å². The maximum atomic E-state index is 11.8. The van der Waals surface area contributed by atoms with E-state index in [0.29, 0.717) is 17.6 Å². The van der Waals surface area contributed by atoms with Crippen LogP contribution in [-0.4, -0.2) is 65.9 Å². The average molecular weight is 277 g/mol. The van der Waals surface area contributed by atoms with Gasteiger partial charge in [-0.25, -0.2) is 4.98 Å². The predicted octanol–water partition coefficient (Wildman–Crippen LogP) is 1.07. The summed E-state index contributed by atoms with van der Waals surface area (Å²) in [5.74, 6) is 0.535. The molecule has 0 aliphatic carbocycles. The third-order valence-electron chi connectivity index (χ3n) is 3.70. The number of hydrogen-bond donors (Lipinski definition) is 1. The Bertz CT molecular complexity index is 463. The molecule has 0 unspecified atom stereocenters. The van der Waals surface area contributed by atoms with Gasteiger partial charge < -0.3 is 15.1 Å². The first kappa shape index (κ1) is 14.7. The fourth-order valence-corrected chi connectivity index (χ4v) is 2.41. The molecule has 0 bridgehead atoms. The number of rotatable bonds is 4. The number of nitrogens with one attached hydrogen (secondary N) is 1. The largest absolute Gasteiger partial charge is 0.367 e. The van der Waals surface area contributed by atoms with Crippen LogP contribution in [-0.2, 0) is 0 Å². The second-order valence-electron chi connectivity index (χ2n) is 5.50. The quantitative estimate of drug-likeness (QED) is 0.892. The molecule has 1 aromatic heterocycles. The number of amides is 1. The monoisotopic (exact) mass is 277 g/mol. The molecule has 2 heterocycles. The van der Waals surface area contributed by atoms with Crippen LogP contribution < -0.4 is 5.32 Å². The fraction of sp³-hybridized carbons (Fsp3) is 0.643. The molecule has 1 N–H and O–H groups in total. The van der Waals surface area contributed by atoms with Crippen molar-refractivity contribution in [2.75, 3.05) is 39.5 Å². The molecule has 0 spiro atoms. The highest BCUT2D eigenvalue weighted by Crippen LogP contribution is 2.15. The van der Waals surface area contributed by atoms with E-state index >= 15 is 0 Å². The summed E-state index contributed by atoms with van der Waals surface area (Å²) in [7, 11) is 5.57. The van der Waals surface area contributed by atoms with E-state index in [1.165, 1.54) is 30.4 Å². The van der Waals surface area contributed by atoms with Crippen LogP contribution in [0.25, 0.3) is 0 Å². The van der Waals surface area contributed by atoms with Crippen LogP contribution in [0.5, 0.6) is 0 Å². The Kier molecular flexibility index (Phi) is 4.89. The first-order chi connectivity index (χ1) is 9.58. The summed E-state index contributed by atoms with van der Waals surface area (Å²) in [5.41, 5.74) is 0.372. The van der Waals surface area contributed by atoms with Crippen LogP contribution in [0.1, 0.15) is 29.8 Å². The standard InChI is InChI=1S/C14H23N5O/c1-18(2)14(20)12-9-15-10-13(17-12)16-8-11-6-4-5-7-19(11)3/h9-11H,4-8H2,1-3H3,(H,16,17)/t11-/m0/s1. The van der Waals surface area contributed by atoms with Crippen molar-refractivity contribution in [1.29, 1.82) is 0 Å². The van der Waals surface area contributed by atoms with Crippen molar-refractivity contribution in [3.8, 4) is 0 Å². The molecule has 1 aromatic rings. The van der Waals surface area contributed by atoms with Crippen LogP contribution >= 0.6 is 0 Å². The van der Waals surface area contributed by atoms with Gasteiger partial charge in [0, 0.05) is 26.7 Å². The van der Waals surface area contributed by atoms with Gasteiger partial charge in [0.15, 0.2) is 0 Å². The summed E-state index contributed by atoms with van der Waals surface area (Å²) in [5, 5.41) is 3.29. The molecule has 2 rings (SSSR count). The molecule has 0 saturated carbocycles. The van der Waals surface area contributed by atoms with E-state index in [4.69, 9.17) is 0 Å². The smallest absolute Gasteiger partial charge is 0.273 e. The lowest BCUT2D eigenvalue weighted by molar-refractivity contribution is 0.0821. The Labute approximate surface area is 120 Å². The highest BCUT2D eigenvalue weighted by atomic mass is 16.2. The van der Waals surface area contributed by atoms with Gasteiger partial charge in [-0.3, -0.25) is 9.78 Å². The maximum absolute atomic E-state index is 11.8. The van der Waals surface area contributed by atoms with Gasteiger partial charge in [0.05, 0.1) is 12.4 Å². The molecular formula is C14H23N5O. The molecule has 1 aliphatic rings. The molecule has 0 aromatic carbocycles. The van der Waals surface area contributed by atoms with E-state index in [0.717, 1.165) is 13.1 Å². The van der Waals surface area contributed by atoms with Crippen LogP contribution in [0, 0.1) is 0 Å². The summed E-state index contributed by atoms with van der Waals surface area (Å²) in [6.45, 7) is 1.99. The fourth-order valence-electron chi connectivity index (χ4n) is 2.41. The van der Waals surface area contributed by atoms with Crippen molar-refractivity contribution >= 4 is 11.7 Å². The number of carbonyl (C=O) groups is 1. The molecule has 110 valence electrons. The van der Waals surface area contributed by atoms with Gasteiger partial charge in [-0.1, -0.05) is 6.42 Å². The van der Waals surface area contributed by atoms with Crippen molar-refractivity contribution in [3.05, 3.63) is 18.1 Å². The second kappa shape index (κ2) is 6.65. The Morgan fingerprint density at radius 2 is 2.25 bits per heavy atom. The zero-order chi connectivity index (χ0) is 14.5. The Balaban J connectivity index is 1.96. The van der Waals surface area contributed by atoms with Crippen LogP contribution in [0.15, 0.2) is 12.4 Å². The summed E-state index contributed by atoms with van der Waals surface area (Å²) in [6.07, 6.45) is 6.92. The van der Waals surface area contributed by atoms with Gasteiger partial charge in [-0.2, -0.15) is 0 Å². The third-order valence-corrected chi connectivity index (χ3v) is 3.70. The van der Waals surface area contributed by atoms with Crippen LogP contribution in [0.4, 0.5) is 5.82 Å². The molecule has 6 nitrogen and oxygen atoms in total. The number of likely N-dealkylation sites (N-methyl/N-ethyl adjacent to an activating group) is 1. The van der Waals surface area contributed by atoms with Crippen molar-refractivity contribution < 1.29 is 4.79 Å². The van der Waals surface area contributed by atoms with Gasteiger partial charge in [-0.05, 0) is 26.4 Å². The predicted molar refractivity (Wildman–Crippen MR) is 78.8 cm³/mol. The van der Waals surface area contributed by atoms with E-state index in [9.17, 15) is 4.79 Å². The Morgan fingerprint density at radius 1 is 1.45 bits per heavy atom. The molecule has 1 aliphatic heterocycles. The Hall–Kier alpha value is -1.69. The number of anilines is 1. The third kappa shape index (κ3) is 3.66. The van der Waals surface area contributed by atoms with Crippen LogP contribution in [0.2, 0.25) is 0 Å². The van der Waals surface area contributed by atoms with Crippen LogP contribution in [0.3, 0.4) is 0 Å². The maximum Gasteiger partial charge on any atom is 0.273 e. The Morgan fingerprint density at radius 3 is 2.95 bits per heavy atom. The summed E-state index contributed by atoms with van der Waals surface area (Å²) >= 11 is 0. The zero-order valence-electron chi connectivity index (χ0n) is 12.5. The lowest BCUT2D eigenvalue weighted by Gasteiger charge is -2.32. The van der Waals surface area contributed by atoms with Crippen molar-refractivity contribution in [3.63, 3.8) is 0 Å². The van der Waals surface area contributed by atoms with Crippen molar-refractivity contribution in [1.82, 2.24) is 19.8 Å². The normalized spacial score (nSPS) is 19.6. The van der Waals surface area contributed by atoms with E-state index in [1.54, 1.807) is 20.3 Å². The van der Waals surface area contributed by atoms with Gasteiger partial charge in [0.25, 0.3) is 5.91 Å². The molecule has 1 atom stereocenters. The molecule has 6 heteroatoms. The second-order valence-corrected chi connectivity index (χ2v) is 5.50. The molecule has 1 fully saturated rings. The summed E-state index contributed by atoms with van der Waals surface area (Å²) in [6, 6.07) is 0.527. The number of aromatic nitrogens is 2.